The van der Waals surface area contributed by atoms with Crippen LogP contribution in [0.1, 0.15) is 5.56 Å². The number of aromatic nitrogens is 3. The summed E-state index contributed by atoms with van der Waals surface area (Å²) in [4.78, 5) is 24.5. The molecule has 7 heteroatoms. The maximum absolute atomic E-state index is 12.9. The second-order valence-corrected chi connectivity index (χ2v) is 7.11. The van der Waals surface area contributed by atoms with E-state index in [4.69, 9.17) is 0 Å². The Balaban J connectivity index is 1.42. The Morgan fingerprint density at radius 1 is 1.07 bits per heavy atom. The summed E-state index contributed by atoms with van der Waals surface area (Å²) in [5.74, 6) is 0.545. The molecule has 28 heavy (non-hydrogen) atoms. The molecule has 0 bridgehead atoms. The molecule has 4 rings (SSSR count). The monoisotopic (exact) mass is 392 g/mol. The number of H-pyrrole nitrogens is 1. The number of nitrogens with one attached hydrogen (secondary N) is 2. The maximum atomic E-state index is 12.9. The standard InChI is InChI=1S/C21H17FN4OS/c22-15-9-7-14(8-10-15)12-24-19(27)13-28-21-16(4-3-11-23-21)20-25-17-5-1-2-6-18(17)26-20/h1-11H,12-13H2,(H,24,27)(H,25,26). The first kappa shape index (κ1) is 18.2. The van der Waals surface area contributed by atoms with Gasteiger partial charge in [-0.3, -0.25) is 4.79 Å². The number of aromatic amines is 1. The molecule has 5 nitrogen and oxygen atoms in total. The predicted octanol–water partition coefficient (Wildman–Crippen LogP) is 4.17. The average molecular weight is 392 g/mol. The van der Waals surface area contributed by atoms with E-state index in [-0.39, 0.29) is 17.5 Å². The van der Waals surface area contributed by atoms with Crippen LogP contribution in [0, 0.1) is 5.82 Å². The van der Waals surface area contributed by atoms with E-state index in [1.165, 1.54) is 23.9 Å². The van der Waals surface area contributed by atoms with Crippen molar-refractivity contribution in [2.24, 2.45) is 0 Å². The molecule has 0 fully saturated rings. The summed E-state index contributed by atoms with van der Waals surface area (Å²) >= 11 is 1.35. The van der Waals surface area contributed by atoms with Gasteiger partial charge in [0.2, 0.25) is 5.91 Å². The van der Waals surface area contributed by atoms with Crippen LogP contribution < -0.4 is 5.32 Å². The quantitative estimate of drug-likeness (QED) is 0.483. The molecule has 0 unspecified atom stereocenters. The average Bonchev–Trinajstić information content (AvgIpc) is 3.16. The molecule has 0 saturated carbocycles. The molecule has 2 N–H and O–H groups in total. The van der Waals surface area contributed by atoms with Crippen molar-refractivity contribution in [1.82, 2.24) is 20.3 Å². The molecule has 0 radical (unpaired) electrons. The number of benzene rings is 2. The lowest BCUT2D eigenvalue weighted by Crippen LogP contribution is -2.24. The van der Waals surface area contributed by atoms with Gasteiger partial charge in [0.1, 0.15) is 16.7 Å². The van der Waals surface area contributed by atoms with Crippen molar-refractivity contribution < 1.29 is 9.18 Å². The fourth-order valence-corrected chi connectivity index (χ4v) is 3.58. The topological polar surface area (TPSA) is 70.7 Å². The third kappa shape index (κ3) is 4.20. The smallest absolute Gasteiger partial charge is 0.230 e. The lowest BCUT2D eigenvalue weighted by molar-refractivity contribution is -0.118. The van der Waals surface area contributed by atoms with Crippen LogP contribution in [-0.2, 0) is 11.3 Å². The zero-order valence-electron chi connectivity index (χ0n) is 14.9. The van der Waals surface area contributed by atoms with Gasteiger partial charge in [0, 0.05) is 18.3 Å². The number of imidazole rings is 1. The minimum Gasteiger partial charge on any atom is -0.351 e. The van der Waals surface area contributed by atoms with Gasteiger partial charge in [-0.2, -0.15) is 0 Å². The molecule has 0 atom stereocenters. The van der Waals surface area contributed by atoms with Gasteiger partial charge < -0.3 is 10.3 Å². The van der Waals surface area contributed by atoms with E-state index in [1.54, 1.807) is 18.3 Å². The summed E-state index contributed by atoms with van der Waals surface area (Å²) in [6, 6.07) is 17.7. The number of para-hydroxylation sites is 2. The highest BCUT2D eigenvalue weighted by atomic mass is 32.2. The second kappa shape index (κ2) is 8.22. The molecule has 4 aromatic rings. The van der Waals surface area contributed by atoms with Gasteiger partial charge in [0.15, 0.2) is 0 Å². The molecule has 2 aromatic heterocycles. The van der Waals surface area contributed by atoms with Crippen molar-refractivity contribution in [3.63, 3.8) is 0 Å². The van der Waals surface area contributed by atoms with Crippen LogP contribution in [-0.4, -0.2) is 26.6 Å². The number of nitrogens with zero attached hydrogens (tertiary/aromatic N) is 2. The Morgan fingerprint density at radius 3 is 2.71 bits per heavy atom. The highest BCUT2D eigenvalue weighted by Crippen LogP contribution is 2.29. The number of halogens is 1. The van der Waals surface area contributed by atoms with Crippen LogP contribution in [0.25, 0.3) is 22.4 Å². The molecular formula is C21H17FN4OS. The van der Waals surface area contributed by atoms with Gasteiger partial charge in [-0.25, -0.2) is 14.4 Å². The number of amides is 1. The molecule has 0 aliphatic rings. The third-order valence-electron chi connectivity index (χ3n) is 4.16. The molecule has 2 heterocycles. The van der Waals surface area contributed by atoms with Gasteiger partial charge >= 0.3 is 0 Å². The van der Waals surface area contributed by atoms with E-state index in [0.717, 1.165) is 33.0 Å². The SMILES string of the molecule is O=C(CSc1ncccc1-c1nc2ccccc2[nH]1)NCc1ccc(F)cc1. The minimum atomic E-state index is -0.293. The number of rotatable bonds is 6. The molecule has 2 aromatic carbocycles. The fourth-order valence-electron chi connectivity index (χ4n) is 2.75. The number of fused-ring (bicyclic) bond motifs is 1. The number of thioether (sulfide) groups is 1. The van der Waals surface area contributed by atoms with Crippen molar-refractivity contribution in [3.8, 4) is 11.4 Å². The van der Waals surface area contributed by atoms with Gasteiger partial charge in [0.05, 0.1) is 16.8 Å². The number of hydrogen-bond donors (Lipinski definition) is 2. The Bertz CT molecular complexity index is 1080. The van der Waals surface area contributed by atoms with Crippen LogP contribution in [0.15, 0.2) is 71.9 Å². The maximum Gasteiger partial charge on any atom is 0.230 e. The van der Waals surface area contributed by atoms with E-state index in [2.05, 4.69) is 20.3 Å². The minimum absolute atomic E-state index is 0.115. The van der Waals surface area contributed by atoms with Crippen molar-refractivity contribution in [3.05, 3.63) is 78.2 Å². The molecule has 0 saturated heterocycles. The first-order valence-corrected chi connectivity index (χ1v) is 9.72. The fraction of sp³-hybridized carbons (Fsp3) is 0.0952. The zero-order chi connectivity index (χ0) is 19.3. The van der Waals surface area contributed by atoms with Crippen molar-refractivity contribution in [2.45, 2.75) is 11.6 Å². The summed E-state index contributed by atoms with van der Waals surface area (Å²) in [5.41, 5.74) is 3.54. The molecule has 140 valence electrons. The largest absolute Gasteiger partial charge is 0.351 e. The van der Waals surface area contributed by atoms with Crippen LogP contribution in [0.5, 0.6) is 0 Å². The second-order valence-electron chi connectivity index (χ2n) is 6.15. The lowest BCUT2D eigenvalue weighted by Gasteiger charge is -2.07. The summed E-state index contributed by atoms with van der Waals surface area (Å²) in [6.07, 6.45) is 1.70. The van der Waals surface area contributed by atoms with Crippen LogP contribution in [0.2, 0.25) is 0 Å². The number of hydrogen-bond acceptors (Lipinski definition) is 4. The van der Waals surface area contributed by atoms with Crippen molar-refractivity contribution >= 4 is 28.7 Å². The van der Waals surface area contributed by atoms with Gasteiger partial charge in [-0.05, 0) is 42.0 Å². The van der Waals surface area contributed by atoms with E-state index in [9.17, 15) is 9.18 Å². The van der Waals surface area contributed by atoms with Gasteiger partial charge in [0.25, 0.3) is 0 Å². The number of pyridine rings is 1. The van der Waals surface area contributed by atoms with Crippen LogP contribution in [0.4, 0.5) is 4.39 Å². The third-order valence-corrected chi connectivity index (χ3v) is 5.16. The van der Waals surface area contributed by atoms with Crippen molar-refractivity contribution in [2.75, 3.05) is 5.75 Å². The summed E-state index contributed by atoms with van der Waals surface area (Å²) in [7, 11) is 0. The lowest BCUT2D eigenvalue weighted by atomic mass is 10.2. The summed E-state index contributed by atoms with van der Waals surface area (Å²) < 4.78 is 12.9. The zero-order valence-corrected chi connectivity index (χ0v) is 15.7. The Kier molecular flexibility index (Phi) is 5.34. The first-order valence-electron chi connectivity index (χ1n) is 8.73. The van der Waals surface area contributed by atoms with Crippen LogP contribution >= 0.6 is 11.8 Å². The summed E-state index contributed by atoms with van der Waals surface area (Å²) in [6.45, 7) is 0.359. The molecule has 0 spiro atoms. The number of carbonyl (C=O) groups excluding carboxylic acids is 1. The molecule has 0 aliphatic carbocycles. The predicted molar refractivity (Wildman–Crippen MR) is 108 cm³/mol. The van der Waals surface area contributed by atoms with E-state index >= 15 is 0 Å². The molecule has 1 amide bonds. The Hall–Kier alpha value is -3.19. The van der Waals surface area contributed by atoms with Gasteiger partial charge in [-0.15, -0.1) is 0 Å². The highest BCUT2D eigenvalue weighted by Gasteiger charge is 2.13. The molecular weight excluding hydrogens is 375 g/mol. The highest BCUT2D eigenvalue weighted by molar-refractivity contribution is 8.00. The van der Waals surface area contributed by atoms with Crippen molar-refractivity contribution in [1.29, 1.82) is 0 Å². The Morgan fingerprint density at radius 2 is 1.89 bits per heavy atom. The van der Waals surface area contributed by atoms with E-state index in [1.807, 2.05) is 36.4 Å². The van der Waals surface area contributed by atoms with Crippen LogP contribution in [0.3, 0.4) is 0 Å². The molecule has 0 aliphatic heterocycles. The first-order chi connectivity index (χ1) is 13.7. The summed E-state index contributed by atoms with van der Waals surface area (Å²) in [5, 5.41) is 3.57. The van der Waals surface area contributed by atoms with E-state index in [0.29, 0.717) is 6.54 Å². The number of carbonyl (C=O) groups is 1. The van der Waals surface area contributed by atoms with Gasteiger partial charge in [-0.1, -0.05) is 36.0 Å². The normalized spacial score (nSPS) is 10.9. The Labute approximate surface area is 165 Å². The van der Waals surface area contributed by atoms with E-state index < -0.39 is 0 Å².